The fraction of sp³-hybridized carbons (Fsp3) is 0.318. The molecule has 4 rings (SSSR count). The van der Waals surface area contributed by atoms with Crippen molar-refractivity contribution in [3.63, 3.8) is 0 Å². The van der Waals surface area contributed by atoms with E-state index in [1.807, 2.05) is 23.1 Å². The minimum atomic E-state index is -0.110. The molecule has 0 radical (unpaired) electrons. The number of amides is 1. The Morgan fingerprint density at radius 1 is 1.21 bits per heavy atom. The zero-order valence-corrected chi connectivity index (χ0v) is 15.9. The molecule has 144 valence electrons. The maximum atomic E-state index is 12.6. The quantitative estimate of drug-likeness (QED) is 0.683. The third kappa shape index (κ3) is 4.12. The third-order valence-corrected chi connectivity index (χ3v) is 5.07. The van der Waals surface area contributed by atoms with Crippen LogP contribution in [-0.4, -0.2) is 47.6 Å². The molecule has 1 atom stereocenters. The Balaban J connectivity index is 1.43. The highest BCUT2D eigenvalue weighted by molar-refractivity contribution is 5.84. The number of aryl methyl sites for hydroxylation is 1. The van der Waals surface area contributed by atoms with E-state index in [0.29, 0.717) is 32.5 Å². The Kier molecular flexibility index (Phi) is 5.48. The molecule has 1 aliphatic heterocycles. The number of hydrogen-bond acceptors (Lipinski definition) is 5. The van der Waals surface area contributed by atoms with Crippen molar-refractivity contribution < 1.29 is 14.3 Å². The second-order valence-electron chi connectivity index (χ2n) is 6.87. The van der Waals surface area contributed by atoms with Gasteiger partial charge in [0.2, 0.25) is 5.91 Å². The third-order valence-electron chi connectivity index (χ3n) is 5.07. The standard InChI is InChI=1S/C22H23N3O3/c1-27-20-6-4-16-12-18(3-2-17(16)13-20)21-15-25(10-11-28-21)22(26)7-5-19-14-23-8-9-24-19/h2-4,6,8-9,12-14,21H,5,7,10-11,15H2,1H3/t21-/m1/s1. The predicted octanol–water partition coefficient (Wildman–Crippen LogP) is 3.17. The summed E-state index contributed by atoms with van der Waals surface area (Å²) in [5.41, 5.74) is 1.93. The first-order valence-electron chi connectivity index (χ1n) is 9.45. The number of nitrogens with zero attached hydrogens (tertiary/aromatic N) is 3. The molecule has 6 nitrogen and oxygen atoms in total. The topological polar surface area (TPSA) is 64.5 Å². The highest BCUT2D eigenvalue weighted by Crippen LogP contribution is 2.28. The average molecular weight is 377 g/mol. The number of morpholine rings is 1. The van der Waals surface area contributed by atoms with Crippen LogP contribution in [0.15, 0.2) is 55.0 Å². The fourth-order valence-electron chi connectivity index (χ4n) is 3.50. The van der Waals surface area contributed by atoms with Crippen LogP contribution in [0.5, 0.6) is 5.75 Å². The Bertz CT molecular complexity index is 962. The molecule has 3 aromatic rings. The highest BCUT2D eigenvalue weighted by Gasteiger charge is 2.25. The minimum Gasteiger partial charge on any atom is -0.497 e. The first kappa shape index (κ1) is 18.4. The molecular weight excluding hydrogens is 354 g/mol. The monoisotopic (exact) mass is 377 g/mol. The first-order chi connectivity index (χ1) is 13.7. The van der Waals surface area contributed by atoms with E-state index in [-0.39, 0.29) is 12.0 Å². The second-order valence-corrected chi connectivity index (χ2v) is 6.87. The van der Waals surface area contributed by atoms with Crippen molar-refractivity contribution in [2.75, 3.05) is 26.8 Å². The molecule has 2 heterocycles. The van der Waals surface area contributed by atoms with Gasteiger partial charge in [-0.05, 0) is 41.0 Å². The second kappa shape index (κ2) is 8.35. The van der Waals surface area contributed by atoms with Gasteiger partial charge in [0.05, 0.1) is 26.0 Å². The Morgan fingerprint density at radius 2 is 2.07 bits per heavy atom. The normalized spacial score (nSPS) is 16.9. The summed E-state index contributed by atoms with van der Waals surface area (Å²) >= 11 is 0. The van der Waals surface area contributed by atoms with Crippen molar-refractivity contribution in [3.8, 4) is 5.75 Å². The Hall–Kier alpha value is -2.99. The van der Waals surface area contributed by atoms with E-state index in [2.05, 4.69) is 28.2 Å². The van der Waals surface area contributed by atoms with Crippen LogP contribution in [0.25, 0.3) is 10.8 Å². The smallest absolute Gasteiger partial charge is 0.223 e. The summed E-state index contributed by atoms with van der Waals surface area (Å²) in [5, 5.41) is 2.25. The molecule has 0 spiro atoms. The number of carbonyl (C=O) groups excluding carboxylic acids is 1. The van der Waals surface area contributed by atoms with Gasteiger partial charge in [0.15, 0.2) is 0 Å². The number of hydrogen-bond donors (Lipinski definition) is 0. The number of ether oxygens (including phenoxy) is 2. The van der Waals surface area contributed by atoms with Crippen molar-refractivity contribution in [3.05, 3.63) is 66.2 Å². The van der Waals surface area contributed by atoms with Crippen LogP contribution >= 0.6 is 0 Å². The largest absolute Gasteiger partial charge is 0.497 e. The molecule has 1 amide bonds. The zero-order chi connectivity index (χ0) is 19.3. The lowest BCUT2D eigenvalue weighted by Crippen LogP contribution is -2.42. The van der Waals surface area contributed by atoms with Crippen LogP contribution in [0.3, 0.4) is 0 Å². The number of rotatable bonds is 5. The maximum Gasteiger partial charge on any atom is 0.223 e. The van der Waals surface area contributed by atoms with E-state index in [4.69, 9.17) is 9.47 Å². The zero-order valence-electron chi connectivity index (χ0n) is 15.9. The molecule has 0 N–H and O–H groups in total. The maximum absolute atomic E-state index is 12.6. The summed E-state index contributed by atoms with van der Waals surface area (Å²) in [6.07, 6.45) is 5.92. The predicted molar refractivity (Wildman–Crippen MR) is 106 cm³/mol. The fourth-order valence-corrected chi connectivity index (χ4v) is 3.50. The lowest BCUT2D eigenvalue weighted by Gasteiger charge is -2.33. The van der Waals surface area contributed by atoms with Crippen LogP contribution in [0.4, 0.5) is 0 Å². The first-order valence-corrected chi connectivity index (χ1v) is 9.45. The Labute approximate surface area is 164 Å². The summed E-state index contributed by atoms with van der Waals surface area (Å²) in [6.45, 7) is 1.74. The molecule has 0 unspecified atom stereocenters. The summed E-state index contributed by atoms with van der Waals surface area (Å²) in [6, 6.07) is 12.3. The van der Waals surface area contributed by atoms with Crippen LogP contribution in [0, 0.1) is 0 Å². The molecule has 28 heavy (non-hydrogen) atoms. The van der Waals surface area contributed by atoms with Crippen LogP contribution in [-0.2, 0) is 16.0 Å². The van der Waals surface area contributed by atoms with Crippen molar-refractivity contribution in [1.82, 2.24) is 14.9 Å². The molecule has 1 aliphatic rings. The van der Waals surface area contributed by atoms with Crippen LogP contribution in [0.1, 0.15) is 23.8 Å². The van der Waals surface area contributed by atoms with E-state index >= 15 is 0 Å². The van der Waals surface area contributed by atoms with Gasteiger partial charge < -0.3 is 14.4 Å². The van der Waals surface area contributed by atoms with Gasteiger partial charge in [0, 0.05) is 31.6 Å². The van der Waals surface area contributed by atoms with Crippen molar-refractivity contribution in [2.45, 2.75) is 18.9 Å². The van der Waals surface area contributed by atoms with E-state index < -0.39 is 0 Å². The summed E-state index contributed by atoms with van der Waals surface area (Å²) in [4.78, 5) is 22.8. The van der Waals surface area contributed by atoms with Gasteiger partial charge in [-0.2, -0.15) is 0 Å². The molecular formula is C22H23N3O3. The van der Waals surface area contributed by atoms with E-state index in [9.17, 15) is 4.79 Å². The minimum absolute atomic E-state index is 0.110. The van der Waals surface area contributed by atoms with Crippen molar-refractivity contribution in [2.24, 2.45) is 0 Å². The van der Waals surface area contributed by atoms with Crippen molar-refractivity contribution in [1.29, 1.82) is 0 Å². The number of fused-ring (bicyclic) bond motifs is 1. The Morgan fingerprint density at radius 3 is 2.89 bits per heavy atom. The number of benzene rings is 2. The molecule has 1 aromatic heterocycles. The summed E-state index contributed by atoms with van der Waals surface area (Å²) in [7, 11) is 1.67. The van der Waals surface area contributed by atoms with E-state index in [1.54, 1.807) is 25.7 Å². The molecule has 0 aliphatic carbocycles. The number of aromatic nitrogens is 2. The lowest BCUT2D eigenvalue weighted by molar-refractivity contribution is -0.139. The number of methoxy groups -OCH3 is 1. The molecule has 6 heteroatoms. The lowest BCUT2D eigenvalue weighted by atomic mass is 10.0. The molecule has 0 saturated carbocycles. The summed E-state index contributed by atoms with van der Waals surface area (Å²) in [5.74, 6) is 0.971. The number of carbonyl (C=O) groups is 1. The van der Waals surface area contributed by atoms with Gasteiger partial charge in [-0.15, -0.1) is 0 Å². The van der Waals surface area contributed by atoms with Gasteiger partial charge in [-0.3, -0.25) is 14.8 Å². The van der Waals surface area contributed by atoms with E-state index in [0.717, 1.165) is 27.8 Å². The summed E-state index contributed by atoms with van der Waals surface area (Å²) < 4.78 is 11.2. The van der Waals surface area contributed by atoms with Gasteiger partial charge >= 0.3 is 0 Å². The van der Waals surface area contributed by atoms with Gasteiger partial charge in [0.1, 0.15) is 11.9 Å². The molecule has 1 fully saturated rings. The average Bonchev–Trinajstić information content (AvgIpc) is 2.77. The molecule has 0 bridgehead atoms. The van der Waals surface area contributed by atoms with Gasteiger partial charge in [-0.25, -0.2) is 0 Å². The van der Waals surface area contributed by atoms with E-state index in [1.165, 1.54) is 0 Å². The molecule has 1 saturated heterocycles. The van der Waals surface area contributed by atoms with Crippen molar-refractivity contribution >= 4 is 16.7 Å². The van der Waals surface area contributed by atoms with Gasteiger partial charge in [-0.1, -0.05) is 18.2 Å². The molecule has 2 aromatic carbocycles. The van der Waals surface area contributed by atoms with Gasteiger partial charge in [0.25, 0.3) is 0 Å². The van der Waals surface area contributed by atoms with Crippen LogP contribution < -0.4 is 4.74 Å². The SMILES string of the molecule is COc1ccc2cc([C@H]3CN(C(=O)CCc4cnccn4)CCO3)ccc2c1. The van der Waals surface area contributed by atoms with Crippen LogP contribution in [0.2, 0.25) is 0 Å². The highest BCUT2D eigenvalue weighted by atomic mass is 16.5.